The summed E-state index contributed by atoms with van der Waals surface area (Å²) < 4.78 is 0. The van der Waals surface area contributed by atoms with Gasteiger partial charge in [-0.25, -0.2) is 4.79 Å². The molecule has 1 N–H and O–H groups in total. The van der Waals surface area contributed by atoms with Crippen LogP contribution >= 0.6 is 0 Å². The molecule has 0 heterocycles. The molecule has 0 amide bonds. The zero-order chi connectivity index (χ0) is 13.5. The summed E-state index contributed by atoms with van der Waals surface area (Å²) in [4.78, 5) is 10.2. The van der Waals surface area contributed by atoms with E-state index in [9.17, 15) is 9.90 Å². The molecule has 0 spiro atoms. The van der Waals surface area contributed by atoms with Gasteiger partial charge in [0, 0.05) is 0 Å². The molecule has 0 fully saturated rings. The summed E-state index contributed by atoms with van der Waals surface area (Å²) in [5.41, 5.74) is 2.38. The second kappa shape index (κ2) is 8.44. The van der Waals surface area contributed by atoms with Crippen molar-refractivity contribution in [3.05, 3.63) is 65.2 Å². The molecule has 0 radical (unpaired) electrons. The summed E-state index contributed by atoms with van der Waals surface area (Å²) in [6, 6.07) is 14.7. The Bertz CT molecular complexity index is 517. The number of carboxylic acid groups (broad SMARTS) is 1. The zero-order valence-corrected chi connectivity index (χ0v) is 14.0. The fraction of sp³-hybridized carbons (Fsp3) is 0.133. The second-order valence-electron chi connectivity index (χ2n) is 3.78. The molecule has 0 atom stereocenters. The molecule has 19 heavy (non-hydrogen) atoms. The van der Waals surface area contributed by atoms with Crippen molar-refractivity contribution in [2.75, 3.05) is 0 Å². The summed E-state index contributed by atoms with van der Waals surface area (Å²) in [6.45, 7) is 4.15. The van der Waals surface area contributed by atoms with Gasteiger partial charge in [0.15, 0.2) is 0 Å². The average Bonchev–Trinajstić information content (AvgIpc) is 2.34. The van der Waals surface area contributed by atoms with E-state index in [1.165, 1.54) is 35.4 Å². The third-order valence-corrected chi connectivity index (χ3v) is 2.45. The first-order valence-corrected chi connectivity index (χ1v) is 5.45. The Morgan fingerprint density at radius 3 is 2.16 bits per heavy atom. The number of para-hydroxylation sites is 1. The van der Waals surface area contributed by atoms with E-state index in [-0.39, 0.29) is 25.0 Å². The predicted octanol–water partition coefficient (Wildman–Crippen LogP) is 2.56. The quantitative estimate of drug-likeness (QED) is 0.650. The van der Waals surface area contributed by atoms with Crippen LogP contribution < -0.4 is 5.11 Å². The van der Waals surface area contributed by atoms with E-state index in [0.29, 0.717) is 0 Å². The maximum atomic E-state index is 10.7. The van der Waals surface area contributed by atoms with Gasteiger partial charge in [0.05, 0.1) is 5.56 Å². The van der Waals surface area contributed by atoms with Crippen LogP contribution in [0.1, 0.15) is 21.5 Å². The largest absolute Gasteiger partial charge is 2.00 e. The van der Waals surface area contributed by atoms with E-state index in [2.05, 4.69) is 26.0 Å². The van der Waals surface area contributed by atoms with E-state index in [1.807, 2.05) is 12.1 Å². The van der Waals surface area contributed by atoms with Gasteiger partial charge in [0.25, 0.3) is 0 Å². The minimum atomic E-state index is -1.18. The van der Waals surface area contributed by atoms with Crippen LogP contribution in [0.2, 0.25) is 0 Å². The Hall–Kier alpha value is -1.67. The molecule has 0 aliphatic rings. The molecule has 0 unspecified atom stereocenters. The van der Waals surface area contributed by atoms with Crippen molar-refractivity contribution in [1.82, 2.24) is 0 Å². The summed E-state index contributed by atoms with van der Waals surface area (Å²) in [5, 5.41) is 19.0. The molecule has 3 nitrogen and oxygen atoms in total. The van der Waals surface area contributed by atoms with Gasteiger partial charge in [-0.3, -0.25) is 0 Å². The van der Waals surface area contributed by atoms with Crippen LogP contribution in [0.15, 0.2) is 42.5 Å². The summed E-state index contributed by atoms with van der Waals surface area (Å²) in [6.07, 6.45) is 0. The maximum Gasteiger partial charge on any atom is 2.00 e. The number of carboxylic acids is 1. The summed E-state index contributed by atoms with van der Waals surface area (Å²) in [7, 11) is 0. The molecule has 2 aromatic carbocycles. The average molecular weight is 308 g/mol. The van der Waals surface area contributed by atoms with Gasteiger partial charge in [0.2, 0.25) is 0 Å². The second-order valence-corrected chi connectivity index (χ2v) is 3.78. The van der Waals surface area contributed by atoms with E-state index in [0.717, 1.165) is 0 Å². The van der Waals surface area contributed by atoms with E-state index < -0.39 is 11.7 Å². The van der Waals surface area contributed by atoms with Gasteiger partial charge in [-0.2, -0.15) is 35.4 Å². The van der Waals surface area contributed by atoms with Gasteiger partial charge < -0.3 is 10.2 Å². The van der Waals surface area contributed by atoms with Crippen LogP contribution in [0.4, 0.5) is 0 Å². The first-order valence-electron chi connectivity index (χ1n) is 5.45. The van der Waals surface area contributed by atoms with Gasteiger partial charge in [-0.1, -0.05) is 37.8 Å². The molecule has 0 saturated heterocycles. The van der Waals surface area contributed by atoms with Crippen LogP contribution in [0.3, 0.4) is 0 Å². The zero-order valence-electron chi connectivity index (χ0n) is 11.0. The van der Waals surface area contributed by atoms with Crippen molar-refractivity contribution in [1.29, 1.82) is 0 Å². The van der Waals surface area contributed by atoms with Crippen LogP contribution in [0.5, 0.6) is 5.75 Å². The summed E-state index contributed by atoms with van der Waals surface area (Å²) in [5.74, 6) is -1.62. The minimum absolute atomic E-state index is 0. The van der Waals surface area contributed by atoms with Crippen LogP contribution in [-0.2, 0) is 19.5 Å². The van der Waals surface area contributed by atoms with E-state index in [1.54, 1.807) is 0 Å². The maximum absolute atomic E-state index is 10.7. The first kappa shape index (κ1) is 17.3. The van der Waals surface area contributed by atoms with Gasteiger partial charge in [-0.15, -0.1) is 0 Å². The van der Waals surface area contributed by atoms with E-state index in [4.69, 9.17) is 5.11 Å². The van der Waals surface area contributed by atoms with Crippen molar-refractivity contribution in [2.45, 2.75) is 13.8 Å². The number of aromatic carboxylic acids is 1. The minimum Gasteiger partial charge on any atom is -0.872 e. The molecule has 0 aliphatic heterocycles. The van der Waals surface area contributed by atoms with Crippen LogP contribution in [0.25, 0.3) is 0 Å². The molecular formula is C15H14O3Zn. The SMILES string of the molecule is Cc1[c-]cccc1C.O=C(O)c1ccccc1[O-].[Zn+2]. The third kappa shape index (κ3) is 5.67. The fourth-order valence-corrected chi connectivity index (χ4v) is 1.25. The number of hydrogen-bond acceptors (Lipinski definition) is 2. The molecule has 0 aromatic heterocycles. The number of benzene rings is 2. The van der Waals surface area contributed by atoms with Crippen molar-refractivity contribution < 1.29 is 34.5 Å². The molecular weight excluding hydrogens is 294 g/mol. The Morgan fingerprint density at radius 2 is 1.79 bits per heavy atom. The number of aryl methyl sites for hydroxylation is 2. The van der Waals surface area contributed by atoms with Crippen molar-refractivity contribution in [3.8, 4) is 5.75 Å². The van der Waals surface area contributed by atoms with Crippen LogP contribution in [0, 0.1) is 19.9 Å². The predicted molar refractivity (Wildman–Crippen MR) is 67.6 cm³/mol. The smallest absolute Gasteiger partial charge is 0.872 e. The van der Waals surface area contributed by atoms with Crippen molar-refractivity contribution in [3.63, 3.8) is 0 Å². The Morgan fingerprint density at radius 1 is 1.16 bits per heavy atom. The normalized spacial score (nSPS) is 8.74. The topological polar surface area (TPSA) is 60.4 Å². The Kier molecular flexibility index (Phi) is 7.70. The Balaban J connectivity index is 0.000000331. The van der Waals surface area contributed by atoms with E-state index >= 15 is 0 Å². The molecule has 0 saturated carbocycles. The summed E-state index contributed by atoms with van der Waals surface area (Å²) >= 11 is 0. The van der Waals surface area contributed by atoms with Crippen molar-refractivity contribution in [2.24, 2.45) is 0 Å². The van der Waals surface area contributed by atoms with Gasteiger partial charge in [-0.05, 0) is 6.07 Å². The molecule has 2 aromatic rings. The standard InChI is InChI=1S/C8H9.C7H6O3.Zn/c1-7-5-3-4-6-8(7)2;8-6-4-2-1-3-5(6)7(9)10;/h3-5H,1-2H3;1-4,8H,(H,9,10);/q-1;;+2/p-1. The fourth-order valence-electron chi connectivity index (χ4n) is 1.25. The molecule has 0 bridgehead atoms. The molecule has 4 heteroatoms. The first-order chi connectivity index (χ1) is 8.52. The van der Waals surface area contributed by atoms with Crippen LogP contribution in [-0.4, -0.2) is 11.1 Å². The van der Waals surface area contributed by atoms with Crippen molar-refractivity contribution >= 4 is 5.97 Å². The van der Waals surface area contributed by atoms with Gasteiger partial charge in [0.1, 0.15) is 0 Å². The number of hydrogen-bond donors (Lipinski definition) is 1. The number of carbonyl (C=O) groups is 1. The molecule has 94 valence electrons. The Labute approximate surface area is 125 Å². The number of rotatable bonds is 1. The molecule has 0 aliphatic carbocycles. The van der Waals surface area contributed by atoms with Gasteiger partial charge >= 0.3 is 25.4 Å². The third-order valence-electron chi connectivity index (χ3n) is 2.45. The molecule has 2 rings (SSSR count). The monoisotopic (exact) mass is 306 g/mol.